The highest BCUT2D eigenvalue weighted by Crippen LogP contribution is 2.38. The van der Waals surface area contributed by atoms with Crippen molar-refractivity contribution in [3.05, 3.63) is 53.3 Å². The normalized spacial score (nSPS) is 11.2. The van der Waals surface area contributed by atoms with E-state index in [0.717, 1.165) is 5.56 Å². The van der Waals surface area contributed by atoms with E-state index in [-0.39, 0.29) is 12.3 Å². The van der Waals surface area contributed by atoms with E-state index < -0.39 is 11.9 Å². The minimum absolute atomic E-state index is 0.165. The maximum Gasteiger partial charge on any atom is 0.221 e. The van der Waals surface area contributed by atoms with Gasteiger partial charge in [0.2, 0.25) is 11.7 Å². The number of nitriles is 1. The number of hydrogen-bond donors (Lipinski definition) is 1. The van der Waals surface area contributed by atoms with Gasteiger partial charge in [0.15, 0.2) is 11.5 Å². The molecule has 142 valence electrons. The summed E-state index contributed by atoms with van der Waals surface area (Å²) in [5, 5.41) is 11.9. The Morgan fingerprint density at radius 3 is 2.19 bits per heavy atom. The van der Waals surface area contributed by atoms with Crippen LogP contribution in [0.1, 0.15) is 23.6 Å². The average molecular weight is 372 g/mol. The Labute approximate surface area is 157 Å². The van der Waals surface area contributed by atoms with Gasteiger partial charge < -0.3 is 19.5 Å². The van der Waals surface area contributed by atoms with Gasteiger partial charge in [-0.3, -0.25) is 4.79 Å². The van der Waals surface area contributed by atoms with Gasteiger partial charge in [0, 0.05) is 6.42 Å². The summed E-state index contributed by atoms with van der Waals surface area (Å²) in [6, 6.07) is 10.2. The number of hydrogen-bond acceptors (Lipinski definition) is 5. The van der Waals surface area contributed by atoms with Gasteiger partial charge in [0.1, 0.15) is 11.9 Å². The van der Waals surface area contributed by atoms with Crippen molar-refractivity contribution in [2.45, 2.75) is 18.9 Å². The Hall–Kier alpha value is -3.27. The molecule has 0 spiro atoms. The van der Waals surface area contributed by atoms with Crippen molar-refractivity contribution in [1.82, 2.24) is 5.32 Å². The first kappa shape index (κ1) is 20.0. The van der Waals surface area contributed by atoms with E-state index in [4.69, 9.17) is 14.2 Å². The molecular weight excluding hydrogens is 351 g/mol. The fourth-order valence-electron chi connectivity index (χ4n) is 2.62. The predicted octanol–water partition coefficient (Wildman–Crippen LogP) is 3.17. The van der Waals surface area contributed by atoms with Crippen LogP contribution in [0.15, 0.2) is 36.4 Å². The van der Waals surface area contributed by atoms with Crippen LogP contribution in [0.25, 0.3) is 0 Å². The summed E-state index contributed by atoms with van der Waals surface area (Å²) >= 11 is 0. The Morgan fingerprint density at radius 1 is 1.11 bits per heavy atom. The highest BCUT2D eigenvalue weighted by Gasteiger charge is 2.16. The van der Waals surface area contributed by atoms with Crippen molar-refractivity contribution in [3.63, 3.8) is 0 Å². The number of carbonyl (C=O) groups excluding carboxylic acids is 1. The SMILES string of the molecule is COc1cc(CCC(=O)NC(C#N)c2ccc(F)cc2)cc(OC)c1OC. The van der Waals surface area contributed by atoms with Crippen LogP contribution >= 0.6 is 0 Å². The molecule has 0 aliphatic carbocycles. The van der Waals surface area contributed by atoms with Crippen molar-refractivity contribution >= 4 is 5.91 Å². The highest BCUT2D eigenvalue weighted by molar-refractivity contribution is 5.77. The number of aryl methyl sites for hydroxylation is 1. The molecule has 1 atom stereocenters. The second-order valence-corrected chi connectivity index (χ2v) is 5.71. The zero-order chi connectivity index (χ0) is 19.8. The molecule has 0 saturated carbocycles. The summed E-state index contributed by atoms with van der Waals surface area (Å²) in [7, 11) is 4.56. The summed E-state index contributed by atoms with van der Waals surface area (Å²) in [6.45, 7) is 0. The van der Waals surface area contributed by atoms with Gasteiger partial charge in [0.05, 0.1) is 27.4 Å². The van der Waals surface area contributed by atoms with E-state index in [9.17, 15) is 14.4 Å². The van der Waals surface area contributed by atoms with Crippen LogP contribution in [0.3, 0.4) is 0 Å². The Kier molecular flexibility index (Phi) is 7.00. The largest absolute Gasteiger partial charge is 0.493 e. The molecule has 0 heterocycles. The fraction of sp³-hybridized carbons (Fsp3) is 0.300. The number of nitrogens with one attached hydrogen (secondary N) is 1. The number of halogens is 1. The zero-order valence-corrected chi connectivity index (χ0v) is 15.4. The second kappa shape index (κ2) is 9.43. The Bertz CT molecular complexity index is 806. The van der Waals surface area contributed by atoms with Crippen molar-refractivity contribution in [2.24, 2.45) is 0 Å². The van der Waals surface area contributed by atoms with Gasteiger partial charge in [0.25, 0.3) is 0 Å². The summed E-state index contributed by atoms with van der Waals surface area (Å²) in [4.78, 5) is 12.2. The standard InChI is InChI=1S/C20H21FN2O4/c1-25-17-10-13(11-18(26-2)20(17)27-3)4-9-19(24)23-16(12-22)14-5-7-15(21)8-6-14/h5-8,10-11,16H,4,9H2,1-3H3,(H,23,24). The van der Waals surface area contributed by atoms with Crippen LogP contribution in [0.2, 0.25) is 0 Å². The van der Waals surface area contributed by atoms with E-state index in [1.165, 1.54) is 45.6 Å². The molecule has 0 aliphatic heterocycles. The summed E-state index contributed by atoms with van der Waals surface area (Å²) in [5.74, 6) is 0.805. The molecule has 2 aromatic rings. The molecule has 0 aliphatic rings. The molecule has 6 nitrogen and oxygen atoms in total. The minimum atomic E-state index is -0.835. The molecule has 0 bridgehead atoms. The van der Waals surface area contributed by atoms with Gasteiger partial charge in [-0.1, -0.05) is 12.1 Å². The minimum Gasteiger partial charge on any atom is -0.493 e. The summed E-state index contributed by atoms with van der Waals surface area (Å²) in [5.41, 5.74) is 1.36. The second-order valence-electron chi connectivity index (χ2n) is 5.71. The van der Waals surface area contributed by atoms with Crippen LogP contribution in [-0.4, -0.2) is 27.2 Å². The van der Waals surface area contributed by atoms with E-state index in [1.807, 2.05) is 6.07 Å². The third-order valence-corrected chi connectivity index (χ3v) is 4.00. The topological polar surface area (TPSA) is 80.6 Å². The number of nitrogens with zero attached hydrogens (tertiary/aromatic N) is 1. The first-order chi connectivity index (χ1) is 13.0. The maximum absolute atomic E-state index is 13.0. The maximum atomic E-state index is 13.0. The third-order valence-electron chi connectivity index (χ3n) is 4.00. The monoisotopic (exact) mass is 372 g/mol. The molecular formula is C20H21FN2O4. The molecule has 1 unspecified atom stereocenters. The van der Waals surface area contributed by atoms with Crippen LogP contribution in [0.4, 0.5) is 4.39 Å². The van der Waals surface area contributed by atoms with Crippen LogP contribution in [0, 0.1) is 17.1 Å². The van der Waals surface area contributed by atoms with Gasteiger partial charge in [-0.25, -0.2) is 4.39 Å². The van der Waals surface area contributed by atoms with Gasteiger partial charge in [-0.05, 0) is 41.8 Å². The molecule has 0 aromatic heterocycles. The quantitative estimate of drug-likeness (QED) is 0.770. The first-order valence-corrected chi connectivity index (χ1v) is 8.25. The average Bonchev–Trinajstić information content (AvgIpc) is 2.70. The lowest BCUT2D eigenvalue weighted by atomic mass is 10.1. The van der Waals surface area contributed by atoms with E-state index in [2.05, 4.69) is 5.32 Å². The number of benzene rings is 2. The first-order valence-electron chi connectivity index (χ1n) is 8.25. The molecule has 0 fully saturated rings. The van der Waals surface area contributed by atoms with E-state index >= 15 is 0 Å². The summed E-state index contributed by atoms with van der Waals surface area (Å²) in [6.07, 6.45) is 0.585. The van der Waals surface area contributed by atoms with Gasteiger partial charge in [-0.15, -0.1) is 0 Å². The lowest BCUT2D eigenvalue weighted by molar-refractivity contribution is -0.121. The van der Waals surface area contributed by atoms with Crippen LogP contribution in [-0.2, 0) is 11.2 Å². The lowest BCUT2D eigenvalue weighted by Gasteiger charge is -2.15. The Morgan fingerprint density at radius 2 is 1.70 bits per heavy atom. The van der Waals surface area contributed by atoms with Crippen LogP contribution in [0.5, 0.6) is 17.2 Å². The van der Waals surface area contributed by atoms with E-state index in [1.54, 1.807) is 12.1 Å². The smallest absolute Gasteiger partial charge is 0.221 e. The molecule has 7 heteroatoms. The van der Waals surface area contributed by atoms with Gasteiger partial charge in [-0.2, -0.15) is 5.26 Å². The fourth-order valence-corrected chi connectivity index (χ4v) is 2.62. The van der Waals surface area contributed by atoms with E-state index in [0.29, 0.717) is 29.2 Å². The molecule has 0 radical (unpaired) electrons. The predicted molar refractivity (Wildman–Crippen MR) is 97.3 cm³/mol. The molecule has 1 amide bonds. The van der Waals surface area contributed by atoms with Crippen molar-refractivity contribution in [1.29, 1.82) is 5.26 Å². The molecule has 0 saturated heterocycles. The molecule has 2 aromatic carbocycles. The molecule has 2 rings (SSSR count). The van der Waals surface area contributed by atoms with Crippen molar-refractivity contribution in [3.8, 4) is 23.3 Å². The number of ether oxygens (including phenoxy) is 3. The highest BCUT2D eigenvalue weighted by atomic mass is 19.1. The number of amides is 1. The Balaban J connectivity index is 2.04. The van der Waals surface area contributed by atoms with Gasteiger partial charge >= 0.3 is 0 Å². The van der Waals surface area contributed by atoms with Crippen molar-refractivity contribution in [2.75, 3.05) is 21.3 Å². The number of rotatable bonds is 8. The third kappa shape index (κ3) is 5.11. The molecule has 27 heavy (non-hydrogen) atoms. The number of methoxy groups -OCH3 is 3. The zero-order valence-electron chi connectivity index (χ0n) is 15.4. The van der Waals surface area contributed by atoms with Crippen molar-refractivity contribution < 1.29 is 23.4 Å². The number of carbonyl (C=O) groups is 1. The lowest BCUT2D eigenvalue weighted by Crippen LogP contribution is -2.27. The molecule has 1 N–H and O–H groups in total. The summed E-state index contributed by atoms with van der Waals surface area (Å²) < 4.78 is 28.9. The van der Waals surface area contributed by atoms with Crippen LogP contribution < -0.4 is 19.5 Å².